The van der Waals surface area contributed by atoms with Crippen molar-refractivity contribution in [2.75, 3.05) is 13.1 Å². The van der Waals surface area contributed by atoms with Crippen molar-refractivity contribution in [3.8, 4) is 0 Å². The second-order valence-corrected chi connectivity index (χ2v) is 5.84. The van der Waals surface area contributed by atoms with Crippen molar-refractivity contribution >= 4 is 11.8 Å². The maximum Gasteiger partial charge on any atom is 0.222 e. The second-order valence-electron chi connectivity index (χ2n) is 5.84. The average molecular weight is 288 g/mol. The maximum absolute atomic E-state index is 12.2. The number of hydrogen-bond donors (Lipinski definition) is 1. The van der Waals surface area contributed by atoms with Gasteiger partial charge < -0.3 is 10.2 Å². The molecular formula is C17H24N2O2. The van der Waals surface area contributed by atoms with E-state index in [1.165, 1.54) is 11.1 Å². The molecule has 4 nitrogen and oxygen atoms in total. The first-order valence-corrected chi connectivity index (χ1v) is 7.65. The van der Waals surface area contributed by atoms with E-state index in [0.717, 1.165) is 32.4 Å². The summed E-state index contributed by atoms with van der Waals surface area (Å²) in [7, 11) is 0. The Bertz CT molecular complexity index is 505. The number of piperidine rings is 1. The van der Waals surface area contributed by atoms with E-state index < -0.39 is 0 Å². The molecule has 2 amide bonds. The molecule has 0 unspecified atom stereocenters. The molecule has 0 aromatic heterocycles. The molecule has 1 heterocycles. The number of carbonyl (C=O) groups excluding carboxylic acids is 2. The summed E-state index contributed by atoms with van der Waals surface area (Å²) in [5.41, 5.74) is 2.45. The Hall–Kier alpha value is -1.84. The van der Waals surface area contributed by atoms with Crippen LogP contribution in [0.3, 0.4) is 0 Å². The number of aryl methyl sites for hydroxylation is 2. The third-order valence-corrected chi connectivity index (χ3v) is 3.97. The quantitative estimate of drug-likeness (QED) is 0.922. The Labute approximate surface area is 126 Å². The van der Waals surface area contributed by atoms with Crippen molar-refractivity contribution in [1.82, 2.24) is 10.2 Å². The summed E-state index contributed by atoms with van der Waals surface area (Å²) in [6.45, 7) is 5.10. The van der Waals surface area contributed by atoms with Gasteiger partial charge in [-0.3, -0.25) is 9.59 Å². The van der Waals surface area contributed by atoms with E-state index in [-0.39, 0.29) is 17.9 Å². The predicted octanol–water partition coefficient (Wildman–Crippen LogP) is 2.05. The SMILES string of the molecule is CC(=O)NC1CCN(C(=O)CCc2cccc(C)c2)CC1. The molecule has 1 aliphatic heterocycles. The van der Waals surface area contributed by atoms with Crippen molar-refractivity contribution in [2.45, 2.75) is 45.6 Å². The van der Waals surface area contributed by atoms with Crippen LogP contribution in [0.4, 0.5) is 0 Å². The highest BCUT2D eigenvalue weighted by atomic mass is 16.2. The minimum Gasteiger partial charge on any atom is -0.353 e. The van der Waals surface area contributed by atoms with E-state index in [9.17, 15) is 9.59 Å². The third kappa shape index (κ3) is 4.88. The number of rotatable bonds is 4. The lowest BCUT2D eigenvalue weighted by Gasteiger charge is -2.32. The average Bonchev–Trinajstić information content (AvgIpc) is 2.45. The minimum absolute atomic E-state index is 0.0132. The smallest absolute Gasteiger partial charge is 0.222 e. The van der Waals surface area contributed by atoms with Crippen molar-refractivity contribution in [1.29, 1.82) is 0 Å². The van der Waals surface area contributed by atoms with Gasteiger partial charge in [0.2, 0.25) is 11.8 Å². The molecule has 1 saturated heterocycles. The Morgan fingerprint density at radius 1 is 1.29 bits per heavy atom. The highest BCUT2D eigenvalue weighted by Crippen LogP contribution is 2.13. The van der Waals surface area contributed by atoms with Crippen molar-refractivity contribution in [3.63, 3.8) is 0 Å². The van der Waals surface area contributed by atoms with Crippen LogP contribution >= 0.6 is 0 Å². The molecule has 1 aliphatic rings. The van der Waals surface area contributed by atoms with Crippen LogP contribution in [0.1, 0.15) is 37.3 Å². The normalized spacial score (nSPS) is 15.8. The van der Waals surface area contributed by atoms with Crippen LogP contribution in [0.25, 0.3) is 0 Å². The van der Waals surface area contributed by atoms with Gasteiger partial charge in [-0.15, -0.1) is 0 Å². The van der Waals surface area contributed by atoms with E-state index >= 15 is 0 Å². The molecule has 0 radical (unpaired) electrons. The number of amides is 2. The second kappa shape index (κ2) is 7.25. The first-order chi connectivity index (χ1) is 10.0. The molecule has 0 bridgehead atoms. The summed E-state index contributed by atoms with van der Waals surface area (Å²) in [6.07, 6.45) is 3.08. The van der Waals surface area contributed by atoms with E-state index in [1.807, 2.05) is 11.0 Å². The van der Waals surface area contributed by atoms with Gasteiger partial charge in [0.1, 0.15) is 0 Å². The number of nitrogens with one attached hydrogen (secondary N) is 1. The minimum atomic E-state index is 0.0132. The Morgan fingerprint density at radius 2 is 2.00 bits per heavy atom. The number of likely N-dealkylation sites (tertiary alicyclic amines) is 1. The molecule has 1 N–H and O–H groups in total. The zero-order valence-electron chi connectivity index (χ0n) is 12.9. The molecule has 114 valence electrons. The van der Waals surface area contributed by atoms with Crippen LogP contribution in [-0.2, 0) is 16.0 Å². The summed E-state index contributed by atoms with van der Waals surface area (Å²) < 4.78 is 0. The largest absolute Gasteiger partial charge is 0.353 e. The van der Waals surface area contributed by atoms with Gasteiger partial charge in [-0.2, -0.15) is 0 Å². The van der Waals surface area contributed by atoms with Crippen molar-refractivity contribution in [2.24, 2.45) is 0 Å². The predicted molar refractivity (Wildman–Crippen MR) is 82.9 cm³/mol. The Balaban J connectivity index is 1.76. The molecule has 1 fully saturated rings. The summed E-state index contributed by atoms with van der Waals surface area (Å²) >= 11 is 0. The van der Waals surface area contributed by atoms with Crippen LogP contribution in [0.5, 0.6) is 0 Å². The number of carbonyl (C=O) groups is 2. The molecule has 0 atom stereocenters. The molecule has 1 aromatic rings. The van der Waals surface area contributed by atoms with E-state index in [1.54, 1.807) is 6.92 Å². The van der Waals surface area contributed by atoms with E-state index in [0.29, 0.717) is 6.42 Å². The van der Waals surface area contributed by atoms with Gasteiger partial charge in [0.15, 0.2) is 0 Å². The zero-order chi connectivity index (χ0) is 15.2. The number of nitrogens with zero attached hydrogens (tertiary/aromatic N) is 1. The van der Waals surface area contributed by atoms with Crippen LogP contribution in [0.15, 0.2) is 24.3 Å². The molecule has 0 aliphatic carbocycles. The topological polar surface area (TPSA) is 49.4 Å². The molecule has 2 rings (SSSR count). The van der Waals surface area contributed by atoms with Crippen LogP contribution in [0.2, 0.25) is 0 Å². The molecular weight excluding hydrogens is 264 g/mol. The standard InChI is InChI=1S/C17H24N2O2/c1-13-4-3-5-15(12-13)6-7-17(21)19-10-8-16(9-11-19)18-14(2)20/h3-5,12,16H,6-11H2,1-2H3,(H,18,20). The maximum atomic E-state index is 12.2. The fourth-order valence-electron chi connectivity index (χ4n) is 2.84. The van der Waals surface area contributed by atoms with Gasteiger partial charge in [0.25, 0.3) is 0 Å². The Kier molecular flexibility index (Phi) is 5.37. The molecule has 21 heavy (non-hydrogen) atoms. The van der Waals surface area contributed by atoms with E-state index in [2.05, 4.69) is 30.4 Å². The summed E-state index contributed by atoms with van der Waals surface area (Å²) in [6, 6.07) is 8.54. The zero-order valence-corrected chi connectivity index (χ0v) is 12.9. The lowest BCUT2D eigenvalue weighted by molar-refractivity contribution is -0.132. The first-order valence-electron chi connectivity index (χ1n) is 7.65. The molecule has 4 heteroatoms. The summed E-state index contributed by atoms with van der Waals surface area (Å²) in [5, 5.41) is 2.93. The lowest BCUT2D eigenvalue weighted by atomic mass is 10.0. The van der Waals surface area contributed by atoms with Gasteiger partial charge in [0, 0.05) is 32.5 Å². The van der Waals surface area contributed by atoms with Crippen LogP contribution < -0.4 is 5.32 Å². The molecule has 1 aromatic carbocycles. The van der Waals surface area contributed by atoms with Gasteiger partial charge >= 0.3 is 0 Å². The molecule has 0 saturated carbocycles. The van der Waals surface area contributed by atoms with E-state index in [4.69, 9.17) is 0 Å². The van der Waals surface area contributed by atoms with Gasteiger partial charge in [-0.25, -0.2) is 0 Å². The fraction of sp³-hybridized carbons (Fsp3) is 0.529. The highest BCUT2D eigenvalue weighted by Gasteiger charge is 2.22. The van der Waals surface area contributed by atoms with Crippen LogP contribution in [-0.4, -0.2) is 35.8 Å². The summed E-state index contributed by atoms with van der Waals surface area (Å²) in [4.78, 5) is 25.2. The molecule has 0 spiro atoms. The number of benzene rings is 1. The monoisotopic (exact) mass is 288 g/mol. The first kappa shape index (κ1) is 15.5. The lowest BCUT2D eigenvalue weighted by Crippen LogP contribution is -2.46. The van der Waals surface area contributed by atoms with Crippen LogP contribution in [0, 0.1) is 6.92 Å². The number of hydrogen-bond acceptors (Lipinski definition) is 2. The van der Waals surface area contributed by atoms with Crippen molar-refractivity contribution < 1.29 is 9.59 Å². The third-order valence-electron chi connectivity index (χ3n) is 3.97. The van der Waals surface area contributed by atoms with Gasteiger partial charge in [-0.05, 0) is 31.7 Å². The van der Waals surface area contributed by atoms with Crippen molar-refractivity contribution in [3.05, 3.63) is 35.4 Å². The van der Waals surface area contributed by atoms with Gasteiger partial charge in [-0.1, -0.05) is 29.8 Å². The highest BCUT2D eigenvalue weighted by molar-refractivity contribution is 5.76. The summed E-state index contributed by atoms with van der Waals surface area (Å²) in [5.74, 6) is 0.233. The van der Waals surface area contributed by atoms with Gasteiger partial charge in [0.05, 0.1) is 0 Å². The fourth-order valence-corrected chi connectivity index (χ4v) is 2.84. The Morgan fingerprint density at radius 3 is 2.62 bits per heavy atom.